The van der Waals surface area contributed by atoms with Crippen molar-refractivity contribution in [3.05, 3.63) is 0 Å². The second-order valence-corrected chi connectivity index (χ2v) is 6.09. The van der Waals surface area contributed by atoms with Gasteiger partial charge in [-0.3, -0.25) is 0 Å². The van der Waals surface area contributed by atoms with Crippen molar-refractivity contribution in [2.45, 2.75) is 65.0 Å². The molecule has 5 nitrogen and oxygen atoms in total. The molecule has 1 atom stereocenters. The van der Waals surface area contributed by atoms with Gasteiger partial charge >= 0.3 is 12.0 Å². The highest BCUT2D eigenvalue weighted by molar-refractivity contribution is 5.83. The van der Waals surface area contributed by atoms with Crippen molar-refractivity contribution in [3.8, 4) is 0 Å². The van der Waals surface area contributed by atoms with E-state index in [9.17, 15) is 9.59 Å². The van der Waals surface area contributed by atoms with E-state index in [1.165, 1.54) is 6.42 Å². The highest BCUT2D eigenvalue weighted by atomic mass is 16.4. The van der Waals surface area contributed by atoms with Gasteiger partial charge in [-0.05, 0) is 18.3 Å². The molecular formula is C13H24N2O3. The third-order valence-electron chi connectivity index (χ3n) is 3.33. The summed E-state index contributed by atoms with van der Waals surface area (Å²) in [4.78, 5) is 22.9. The van der Waals surface area contributed by atoms with Gasteiger partial charge in [0.05, 0.1) is 0 Å². The van der Waals surface area contributed by atoms with Crippen LogP contribution in [0.2, 0.25) is 0 Å². The summed E-state index contributed by atoms with van der Waals surface area (Å²) in [5.74, 6) is -0.999. The Morgan fingerprint density at radius 2 is 1.72 bits per heavy atom. The molecular weight excluding hydrogens is 232 g/mol. The molecule has 1 rings (SSSR count). The molecule has 0 radical (unpaired) electrons. The first-order chi connectivity index (χ1) is 8.30. The molecule has 1 aliphatic carbocycles. The van der Waals surface area contributed by atoms with Gasteiger partial charge in [-0.25, -0.2) is 9.59 Å². The van der Waals surface area contributed by atoms with Crippen LogP contribution in [0.15, 0.2) is 0 Å². The molecule has 1 fully saturated rings. The number of rotatable bonds is 3. The summed E-state index contributed by atoms with van der Waals surface area (Å²) in [5, 5.41) is 14.5. The highest BCUT2D eigenvalue weighted by Crippen LogP contribution is 2.20. The molecule has 1 unspecified atom stereocenters. The summed E-state index contributed by atoms with van der Waals surface area (Å²) in [5.41, 5.74) is -0.504. The van der Waals surface area contributed by atoms with Gasteiger partial charge in [-0.1, -0.05) is 40.0 Å². The Hall–Kier alpha value is -1.26. The van der Waals surface area contributed by atoms with Gasteiger partial charge in [0.25, 0.3) is 0 Å². The Kier molecular flexibility index (Phi) is 4.99. The van der Waals surface area contributed by atoms with Gasteiger partial charge in [-0.2, -0.15) is 0 Å². The Morgan fingerprint density at radius 3 is 2.17 bits per heavy atom. The maximum absolute atomic E-state index is 11.8. The molecule has 0 bridgehead atoms. The first-order valence-electron chi connectivity index (χ1n) is 6.60. The second-order valence-electron chi connectivity index (χ2n) is 6.09. The molecule has 0 saturated heterocycles. The average molecular weight is 256 g/mol. The predicted molar refractivity (Wildman–Crippen MR) is 69.4 cm³/mol. The third kappa shape index (κ3) is 4.55. The van der Waals surface area contributed by atoms with Crippen LogP contribution < -0.4 is 10.6 Å². The second kappa shape index (κ2) is 6.07. The molecule has 1 saturated carbocycles. The fourth-order valence-electron chi connectivity index (χ4n) is 2.25. The molecule has 5 heteroatoms. The average Bonchev–Trinajstić information content (AvgIpc) is 2.25. The van der Waals surface area contributed by atoms with Crippen molar-refractivity contribution in [1.82, 2.24) is 10.6 Å². The van der Waals surface area contributed by atoms with Crippen LogP contribution in [-0.4, -0.2) is 29.2 Å². The Bertz CT molecular complexity index is 304. The van der Waals surface area contributed by atoms with Gasteiger partial charge in [0.15, 0.2) is 0 Å². The van der Waals surface area contributed by atoms with Crippen LogP contribution in [0.25, 0.3) is 0 Å². The van der Waals surface area contributed by atoms with E-state index in [0.717, 1.165) is 25.7 Å². The van der Waals surface area contributed by atoms with Gasteiger partial charge in [0, 0.05) is 6.04 Å². The van der Waals surface area contributed by atoms with Gasteiger partial charge < -0.3 is 15.7 Å². The van der Waals surface area contributed by atoms with E-state index in [1.54, 1.807) is 20.8 Å². The number of hydrogen-bond donors (Lipinski definition) is 3. The Labute approximate surface area is 108 Å². The first kappa shape index (κ1) is 14.8. The van der Waals surface area contributed by atoms with E-state index < -0.39 is 17.4 Å². The smallest absolute Gasteiger partial charge is 0.326 e. The van der Waals surface area contributed by atoms with E-state index in [-0.39, 0.29) is 12.1 Å². The summed E-state index contributed by atoms with van der Waals surface area (Å²) in [7, 11) is 0. The van der Waals surface area contributed by atoms with E-state index in [2.05, 4.69) is 10.6 Å². The van der Waals surface area contributed by atoms with Crippen LogP contribution >= 0.6 is 0 Å². The van der Waals surface area contributed by atoms with Crippen LogP contribution in [0, 0.1) is 5.41 Å². The number of carbonyl (C=O) groups is 2. The summed E-state index contributed by atoms with van der Waals surface area (Å²) >= 11 is 0. The first-order valence-corrected chi connectivity index (χ1v) is 6.60. The lowest BCUT2D eigenvalue weighted by Crippen LogP contribution is -2.54. The molecule has 0 aromatic rings. The fraction of sp³-hybridized carbons (Fsp3) is 0.846. The Morgan fingerprint density at radius 1 is 1.17 bits per heavy atom. The number of amides is 2. The van der Waals surface area contributed by atoms with Crippen LogP contribution in [0.1, 0.15) is 52.9 Å². The number of urea groups is 1. The number of carboxylic acids is 1. The van der Waals surface area contributed by atoms with Crippen LogP contribution in [0.5, 0.6) is 0 Å². The summed E-state index contributed by atoms with van der Waals surface area (Å²) in [6.45, 7) is 5.39. The molecule has 0 aliphatic heterocycles. The van der Waals surface area contributed by atoms with E-state index in [0.29, 0.717) is 0 Å². The van der Waals surface area contributed by atoms with E-state index >= 15 is 0 Å². The van der Waals surface area contributed by atoms with Crippen molar-refractivity contribution in [2.24, 2.45) is 5.41 Å². The summed E-state index contributed by atoms with van der Waals surface area (Å²) in [6.07, 6.45) is 5.46. The highest BCUT2D eigenvalue weighted by Gasteiger charge is 2.33. The molecule has 0 aromatic carbocycles. The summed E-state index contributed by atoms with van der Waals surface area (Å²) in [6, 6.07) is -1.06. The minimum atomic E-state index is -0.999. The van der Waals surface area contributed by atoms with Gasteiger partial charge in [-0.15, -0.1) is 0 Å². The lowest BCUT2D eigenvalue weighted by atomic mass is 9.87. The largest absolute Gasteiger partial charge is 0.480 e. The van der Waals surface area contributed by atoms with Crippen molar-refractivity contribution >= 4 is 12.0 Å². The number of aliphatic carboxylic acids is 1. The quantitative estimate of drug-likeness (QED) is 0.723. The standard InChI is InChI=1S/C13H24N2O3/c1-13(2,3)10(11(16)17)15-12(18)14-9-7-5-4-6-8-9/h9-10H,4-8H2,1-3H3,(H,16,17)(H2,14,15,18). The topological polar surface area (TPSA) is 78.4 Å². The van der Waals surface area contributed by atoms with Crippen LogP contribution in [0.4, 0.5) is 4.79 Å². The minimum Gasteiger partial charge on any atom is -0.480 e. The molecule has 2 amide bonds. The van der Waals surface area contributed by atoms with Crippen molar-refractivity contribution in [3.63, 3.8) is 0 Å². The maximum Gasteiger partial charge on any atom is 0.326 e. The lowest BCUT2D eigenvalue weighted by Gasteiger charge is -2.29. The molecule has 0 heterocycles. The molecule has 3 N–H and O–H groups in total. The zero-order chi connectivity index (χ0) is 13.8. The lowest BCUT2D eigenvalue weighted by molar-refractivity contribution is -0.141. The van der Waals surface area contributed by atoms with Crippen LogP contribution in [-0.2, 0) is 4.79 Å². The molecule has 0 spiro atoms. The monoisotopic (exact) mass is 256 g/mol. The van der Waals surface area contributed by atoms with Crippen molar-refractivity contribution in [1.29, 1.82) is 0 Å². The fourth-order valence-corrected chi connectivity index (χ4v) is 2.25. The molecule has 18 heavy (non-hydrogen) atoms. The number of carbonyl (C=O) groups excluding carboxylic acids is 1. The van der Waals surface area contributed by atoms with Crippen molar-refractivity contribution in [2.75, 3.05) is 0 Å². The normalized spacial score (nSPS) is 19.1. The number of carboxylic acid groups (broad SMARTS) is 1. The SMILES string of the molecule is CC(C)(C)C(NC(=O)NC1CCCCC1)C(=O)O. The van der Waals surface area contributed by atoms with Crippen LogP contribution in [0.3, 0.4) is 0 Å². The molecule has 1 aliphatic rings. The van der Waals surface area contributed by atoms with E-state index in [4.69, 9.17) is 5.11 Å². The van der Waals surface area contributed by atoms with Crippen molar-refractivity contribution < 1.29 is 14.7 Å². The molecule has 0 aromatic heterocycles. The number of nitrogens with one attached hydrogen (secondary N) is 2. The minimum absolute atomic E-state index is 0.188. The predicted octanol–water partition coefficient (Wildman–Crippen LogP) is 2.12. The van der Waals surface area contributed by atoms with E-state index in [1.807, 2.05) is 0 Å². The Balaban J connectivity index is 2.48. The zero-order valence-electron chi connectivity index (χ0n) is 11.5. The van der Waals surface area contributed by atoms with Gasteiger partial charge in [0.1, 0.15) is 6.04 Å². The maximum atomic E-state index is 11.8. The third-order valence-corrected chi connectivity index (χ3v) is 3.33. The number of hydrogen-bond acceptors (Lipinski definition) is 2. The summed E-state index contributed by atoms with van der Waals surface area (Å²) < 4.78 is 0. The molecule has 104 valence electrons. The zero-order valence-corrected chi connectivity index (χ0v) is 11.5. The van der Waals surface area contributed by atoms with Gasteiger partial charge in [0.2, 0.25) is 0 Å².